The van der Waals surface area contributed by atoms with Crippen molar-refractivity contribution in [1.82, 2.24) is 0 Å². The van der Waals surface area contributed by atoms with Crippen LogP contribution in [0.2, 0.25) is 0 Å². The van der Waals surface area contributed by atoms with Gasteiger partial charge in [0.25, 0.3) is 0 Å². The van der Waals surface area contributed by atoms with Crippen LogP contribution in [0.1, 0.15) is 6.42 Å². The molecule has 1 heterocycles. The van der Waals surface area contributed by atoms with Gasteiger partial charge < -0.3 is 4.74 Å². The van der Waals surface area contributed by atoms with Gasteiger partial charge >= 0.3 is 5.97 Å². The molecule has 0 aromatic heterocycles. The van der Waals surface area contributed by atoms with E-state index in [1.165, 1.54) is 13.2 Å². The van der Waals surface area contributed by atoms with Crippen molar-refractivity contribution in [3.05, 3.63) is 12.2 Å². The van der Waals surface area contributed by atoms with Crippen molar-refractivity contribution in [2.45, 2.75) is 6.42 Å². The number of hydrogen-bond acceptors (Lipinski definition) is 4. The second kappa shape index (κ2) is 3.91. The fourth-order valence-corrected chi connectivity index (χ4v) is 3.02. The average Bonchev–Trinajstić information content (AvgIpc) is 2.41. The van der Waals surface area contributed by atoms with Crippen molar-refractivity contribution >= 4 is 15.8 Å². The molecule has 1 fully saturated rings. The Hall–Kier alpha value is -0.840. The predicted octanol–water partition coefficient (Wildman–Crippen LogP) is 0.150. The Balaban J connectivity index is 2.49. The largest absolute Gasteiger partial charge is 0.466 e. The number of sulfone groups is 1. The second-order valence-electron chi connectivity index (χ2n) is 3.05. The number of allylic oxidation sites excluding steroid dienone is 1. The van der Waals surface area contributed by atoms with Crippen molar-refractivity contribution < 1.29 is 17.9 Å². The van der Waals surface area contributed by atoms with Crippen LogP contribution in [-0.2, 0) is 19.4 Å². The molecule has 13 heavy (non-hydrogen) atoms. The smallest absolute Gasteiger partial charge is 0.330 e. The SMILES string of the molecule is COC(=O)/C=C\C1CCS(=O)(=O)C1. The number of esters is 1. The van der Waals surface area contributed by atoms with Crippen LogP contribution in [0.15, 0.2) is 12.2 Å². The molecule has 0 aromatic rings. The lowest BCUT2D eigenvalue weighted by molar-refractivity contribution is -0.134. The maximum Gasteiger partial charge on any atom is 0.330 e. The Morgan fingerprint density at radius 3 is 2.69 bits per heavy atom. The molecule has 74 valence electrons. The van der Waals surface area contributed by atoms with Gasteiger partial charge in [-0.2, -0.15) is 0 Å². The lowest BCUT2D eigenvalue weighted by Gasteiger charge is -1.97. The average molecular weight is 204 g/mol. The molecule has 0 radical (unpaired) electrons. The molecule has 0 aliphatic carbocycles. The summed E-state index contributed by atoms with van der Waals surface area (Å²) >= 11 is 0. The summed E-state index contributed by atoms with van der Waals surface area (Å²) in [4.78, 5) is 10.7. The van der Waals surface area contributed by atoms with Crippen LogP contribution in [0.4, 0.5) is 0 Å². The molecule has 0 N–H and O–H groups in total. The number of ether oxygens (including phenoxy) is 1. The first-order valence-corrected chi connectivity index (χ1v) is 5.82. The van der Waals surface area contributed by atoms with Gasteiger partial charge in [-0.05, 0) is 12.3 Å². The summed E-state index contributed by atoms with van der Waals surface area (Å²) in [7, 11) is -1.56. The van der Waals surface area contributed by atoms with Gasteiger partial charge in [0.05, 0.1) is 18.6 Å². The minimum absolute atomic E-state index is 0.0240. The molecular weight excluding hydrogens is 192 g/mol. The summed E-state index contributed by atoms with van der Waals surface area (Å²) in [6.07, 6.45) is 3.50. The molecule has 0 aromatic carbocycles. The first-order chi connectivity index (χ1) is 6.03. The van der Waals surface area contributed by atoms with E-state index in [2.05, 4.69) is 4.74 Å². The topological polar surface area (TPSA) is 60.4 Å². The monoisotopic (exact) mass is 204 g/mol. The van der Waals surface area contributed by atoms with Gasteiger partial charge in [0.15, 0.2) is 9.84 Å². The van der Waals surface area contributed by atoms with Crippen molar-refractivity contribution in [3.8, 4) is 0 Å². The van der Waals surface area contributed by atoms with E-state index in [0.717, 1.165) is 0 Å². The molecule has 1 aliphatic rings. The molecule has 0 bridgehead atoms. The molecule has 0 spiro atoms. The normalized spacial score (nSPS) is 26.4. The number of carbonyl (C=O) groups is 1. The zero-order valence-corrected chi connectivity index (χ0v) is 8.21. The summed E-state index contributed by atoms with van der Waals surface area (Å²) in [5, 5.41) is 0. The van der Waals surface area contributed by atoms with Gasteiger partial charge in [0, 0.05) is 6.08 Å². The summed E-state index contributed by atoms with van der Waals surface area (Å²) < 4.78 is 26.4. The van der Waals surface area contributed by atoms with Crippen LogP contribution >= 0.6 is 0 Å². The molecule has 1 aliphatic heterocycles. The fraction of sp³-hybridized carbons (Fsp3) is 0.625. The summed E-state index contributed by atoms with van der Waals surface area (Å²) in [6.45, 7) is 0. The van der Waals surface area contributed by atoms with Crippen molar-refractivity contribution in [2.75, 3.05) is 18.6 Å². The van der Waals surface area contributed by atoms with Gasteiger partial charge in [0.1, 0.15) is 0 Å². The standard InChI is InChI=1S/C8H12O4S/c1-12-8(9)3-2-7-4-5-13(10,11)6-7/h2-3,7H,4-6H2,1H3/b3-2-. The Kier molecular flexibility index (Phi) is 3.08. The third kappa shape index (κ3) is 3.18. The zero-order valence-electron chi connectivity index (χ0n) is 7.39. The van der Waals surface area contributed by atoms with Gasteiger partial charge in [-0.25, -0.2) is 13.2 Å². The number of carbonyl (C=O) groups excluding carboxylic acids is 1. The highest BCUT2D eigenvalue weighted by molar-refractivity contribution is 7.91. The Morgan fingerprint density at radius 1 is 1.54 bits per heavy atom. The summed E-state index contributed by atoms with van der Waals surface area (Å²) in [5.41, 5.74) is 0. The van der Waals surface area contributed by atoms with Crippen LogP contribution in [0, 0.1) is 5.92 Å². The molecule has 1 saturated heterocycles. The van der Waals surface area contributed by atoms with Crippen LogP contribution in [0.5, 0.6) is 0 Å². The van der Waals surface area contributed by atoms with Crippen molar-refractivity contribution in [3.63, 3.8) is 0 Å². The lowest BCUT2D eigenvalue weighted by Crippen LogP contribution is -2.03. The highest BCUT2D eigenvalue weighted by Gasteiger charge is 2.25. The van der Waals surface area contributed by atoms with E-state index >= 15 is 0 Å². The lowest BCUT2D eigenvalue weighted by atomic mass is 10.1. The van der Waals surface area contributed by atoms with E-state index in [9.17, 15) is 13.2 Å². The highest BCUT2D eigenvalue weighted by atomic mass is 32.2. The zero-order chi connectivity index (χ0) is 9.90. The Morgan fingerprint density at radius 2 is 2.23 bits per heavy atom. The number of hydrogen-bond donors (Lipinski definition) is 0. The Labute approximate surface area is 77.5 Å². The molecule has 5 heteroatoms. The maximum absolute atomic E-state index is 11.0. The van der Waals surface area contributed by atoms with E-state index in [1.54, 1.807) is 6.08 Å². The van der Waals surface area contributed by atoms with Crippen LogP contribution in [0.3, 0.4) is 0 Å². The van der Waals surface area contributed by atoms with Crippen LogP contribution in [-0.4, -0.2) is 33.0 Å². The molecule has 0 saturated carbocycles. The van der Waals surface area contributed by atoms with E-state index in [1.807, 2.05) is 0 Å². The van der Waals surface area contributed by atoms with E-state index in [-0.39, 0.29) is 17.4 Å². The Bertz CT molecular complexity index is 315. The summed E-state index contributed by atoms with van der Waals surface area (Å²) in [5.74, 6) is -0.0858. The van der Waals surface area contributed by atoms with Crippen molar-refractivity contribution in [1.29, 1.82) is 0 Å². The highest BCUT2D eigenvalue weighted by Crippen LogP contribution is 2.19. The van der Waals surface area contributed by atoms with E-state index in [0.29, 0.717) is 6.42 Å². The minimum Gasteiger partial charge on any atom is -0.466 e. The van der Waals surface area contributed by atoms with Gasteiger partial charge in [0.2, 0.25) is 0 Å². The van der Waals surface area contributed by atoms with E-state index in [4.69, 9.17) is 0 Å². The first kappa shape index (κ1) is 10.2. The van der Waals surface area contributed by atoms with E-state index < -0.39 is 15.8 Å². The van der Waals surface area contributed by atoms with Gasteiger partial charge in [-0.3, -0.25) is 0 Å². The third-order valence-corrected chi connectivity index (χ3v) is 3.77. The fourth-order valence-electron chi connectivity index (χ4n) is 1.26. The van der Waals surface area contributed by atoms with Crippen LogP contribution in [0.25, 0.3) is 0 Å². The van der Waals surface area contributed by atoms with Gasteiger partial charge in [-0.15, -0.1) is 0 Å². The first-order valence-electron chi connectivity index (χ1n) is 4.00. The van der Waals surface area contributed by atoms with Crippen molar-refractivity contribution in [2.24, 2.45) is 5.92 Å². The summed E-state index contributed by atoms with van der Waals surface area (Å²) in [6, 6.07) is 0. The molecular formula is C8H12O4S. The number of rotatable bonds is 2. The maximum atomic E-state index is 11.0. The molecule has 1 atom stereocenters. The predicted molar refractivity (Wildman–Crippen MR) is 47.9 cm³/mol. The van der Waals surface area contributed by atoms with Gasteiger partial charge in [-0.1, -0.05) is 6.08 Å². The third-order valence-electron chi connectivity index (χ3n) is 1.97. The molecule has 0 amide bonds. The molecule has 1 unspecified atom stereocenters. The quantitative estimate of drug-likeness (QED) is 0.474. The number of methoxy groups -OCH3 is 1. The van der Waals surface area contributed by atoms with Crippen LogP contribution < -0.4 is 0 Å². The molecule has 4 nitrogen and oxygen atoms in total. The minimum atomic E-state index is -2.85. The second-order valence-corrected chi connectivity index (χ2v) is 5.27. The molecule has 1 rings (SSSR count).